The van der Waals surface area contributed by atoms with Gasteiger partial charge in [-0.3, -0.25) is 9.59 Å². The van der Waals surface area contributed by atoms with E-state index in [4.69, 9.17) is 0 Å². The van der Waals surface area contributed by atoms with Crippen LogP contribution in [-0.2, 0) is 19.6 Å². The Morgan fingerprint density at radius 2 is 1.74 bits per heavy atom. The molecule has 0 unspecified atom stereocenters. The van der Waals surface area contributed by atoms with Gasteiger partial charge in [-0.15, -0.1) is 0 Å². The maximum absolute atomic E-state index is 12.6. The van der Waals surface area contributed by atoms with E-state index in [2.05, 4.69) is 10.6 Å². The van der Waals surface area contributed by atoms with Gasteiger partial charge in [0.1, 0.15) is 6.04 Å². The number of sulfonamides is 1. The summed E-state index contributed by atoms with van der Waals surface area (Å²) in [5.41, 5.74) is 1.23. The first-order chi connectivity index (χ1) is 12.7. The second kappa shape index (κ2) is 9.32. The van der Waals surface area contributed by atoms with Gasteiger partial charge in [-0.1, -0.05) is 20.8 Å². The van der Waals surface area contributed by atoms with Crippen LogP contribution in [0.3, 0.4) is 0 Å². The van der Waals surface area contributed by atoms with Crippen LogP contribution in [0.15, 0.2) is 24.3 Å². The average Bonchev–Trinajstić information content (AvgIpc) is 3.06. The third-order valence-electron chi connectivity index (χ3n) is 4.36. The van der Waals surface area contributed by atoms with Gasteiger partial charge in [0.15, 0.2) is 0 Å². The van der Waals surface area contributed by atoms with Crippen LogP contribution in [0.25, 0.3) is 0 Å². The largest absolute Gasteiger partial charge is 0.326 e. The van der Waals surface area contributed by atoms with Gasteiger partial charge in [0.2, 0.25) is 21.8 Å². The molecule has 27 heavy (non-hydrogen) atoms. The van der Waals surface area contributed by atoms with Crippen molar-refractivity contribution >= 4 is 33.2 Å². The summed E-state index contributed by atoms with van der Waals surface area (Å²) < 4.78 is 26.0. The van der Waals surface area contributed by atoms with E-state index in [1.54, 1.807) is 24.3 Å². The third kappa shape index (κ3) is 6.04. The fraction of sp³-hybridized carbons (Fsp3) is 0.579. The van der Waals surface area contributed by atoms with Crippen LogP contribution in [0.4, 0.5) is 11.4 Å². The molecule has 2 N–H and O–H groups in total. The minimum Gasteiger partial charge on any atom is -0.326 e. The molecule has 1 atom stereocenters. The highest BCUT2D eigenvalue weighted by atomic mass is 32.2. The van der Waals surface area contributed by atoms with Crippen molar-refractivity contribution in [2.75, 3.05) is 22.9 Å². The molecule has 0 aromatic heterocycles. The Kier molecular flexibility index (Phi) is 7.38. The van der Waals surface area contributed by atoms with Crippen LogP contribution in [0.2, 0.25) is 0 Å². The number of nitrogens with one attached hydrogen (secondary N) is 2. The third-order valence-corrected chi connectivity index (χ3v) is 6.43. The fourth-order valence-corrected chi connectivity index (χ4v) is 4.90. The lowest BCUT2D eigenvalue weighted by molar-refractivity contribution is -0.119. The summed E-state index contributed by atoms with van der Waals surface area (Å²) in [6.07, 6.45) is 2.18. The lowest BCUT2D eigenvalue weighted by Crippen LogP contribution is -2.44. The van der Waals surface area contributed by atoms with Crippen molar-refractivity contribution in [3.8, 4) is 0 Å². The van der Waals surface area contributed by atoms with Crippen LogP contribution in [0, 0.1) is 5.92 Å². The van der Waals surface area contributed by atoms with E-state index in [-0.39, 0.29) is 23.5 Å². The molecule has 2 amide bonds. The Morgan fingerprint density at radius 1 is 1.15 bits per heavy atom. The zero-order chi connectivity index (χ0) is 20.0. The molecule has 0 radical (unpaired) electrons. The van der Waals surface area contributed by atoms with Gasteiger partial charge >= 0.3 is 0 Å². The Bertz CT molecular complexity index is 760. The van der Waals surface area contributed by atoms with E-state index in [0.29, 0.717) is 43.6 Å². The second-order valence-electron chi connectivity index (χ2n) is 7.30. The predicted molar refractivity (Wildman–Crippen MR) is 107 cm³/mol. The first-order valence-corrected chi connectivity index (χ1v) is 11.0. The number of carbonyl (C=O) groups is 2. The molecule has 0 saturated carbocycles. The number of anilines is 2. The SMILES string of the molecule is CCCS(=O)(=O)N1CCC[C@@H]1C(=O)Nc1ccc(NC(=O)CC(C)C)cc1. The van der Waals surface area contributed by atoms with Crippen molar-refractivity contribution in [3.05, 3.63) is 24.3 Å². The molecule has 2 rings (SSSR count). The maximum Gasteiger partial charge on any atom is 0.242 e. The number of nitrogens with zero attached hydrogens (tertiary/aromatic N) is 1. The topological polar surface area (TPSA) is 95.6 Å². The molecule has 1 heterocycles. The van der Waals surface area contributed by atoms with E-state index in [9.17, 15) is 18.0 Å². The van der Waals surface area contributed by atoms with Crippen LogP contribution in [0.1, 0.15) is 46.5 Å². The summed E-state index contributed by atoms with van der Waals surface area (Å²) in [6, 6.07) is 6.17. The summed E-state index contributed by atoms with van der Waals surface area (Å²) >= 11 is 0. The number of hydrogen-bond donors (Lipinski definition) is 2. The summed E-state index contributed by atoms with van der Waals surface area (Å²) in [4.78, 5) is 24.4. The van der Waals surface area contributed by atoms with Crippen molar-refractivity contribution in [1.29, 1.82) is 0 Å². The number of carbonyl (C=O) groups excluding carboxylic acids is 2. The molecule has 7 nitrogen and oxygen atoms in total. The van der Waals surface area contributed by atoms with Gasteiger partial charge in [0, 0.05) is 24.3 Å². The molecule has 1 fully saturated rings. The van der Waals surface area contributed by atoms with E-state index in [0.717, 1.165) is 0 Å². The van der Waals surface area contributed by atoms with Crippen molar-refractivity contribution < 1.29 is 18.0 Å². The Labute approximate surface area is 161 Å². The van der Waals surface area contributed by atoms with Crippen molar-refractivity contribution in [3.63, 3.8) is 0 Å². The Balaban J connectivity index is 1.98. The maximum atomic E-state index is 12.6. The molecule has 1 aromatic carbocycles. The van der Waals surface area contributed by atoms with E-state index in [1.807, 2.05) is 20.8 Å². The standard InChI is InChI=1S/C19H29N3O4S/c1-4-12-27(25,26)22-11-5-6-17(22)19(24)21-16-9-7-15(8-10-16)20-18(23)13-14(2)3/h7-10,14,17H,4-6,11-13H2,1-3H3,(H,20,23)(H,21,24)/t17-/m1/s1. The van der Waals surface area contributed by atoms with Gasteiger partial charge in [0.25, 0.3) is 0 Å². The molecule has 1 aliphatic rings. The summed E-state index contributed by atoms with van der Waals surface area (Å²) in [5.74, 6) is -0.0307. The van der Waals surface area contributed by atoms with Gasteiger partial charge in [0.05, 0.1) is 5.75 Å². The first-order valence-electron chi connectivity index (χ1n) is 9.43. The van der Waals surface area contributed by atoms with Crippen LogP contribution >= 0.6 is 0 Å². The zero-order valence-corrected chi connectivity index (χ0v) is 17.0. The van der Waals surface area contributed by atoms with Crippen molar-refractivity contribution in [2.24, 2.45) is 5.92 Å². The normalized spacial score (nSPS) is 17.9. The lowest BCUT2D eigenvalue weighted by atomic mass is 10.1. The quantitative estimate of drug-likeness (QED) is 0.707. The number of amides is 2. The Morgan fingerprint density at radius 3 is 2.30 bits per heavy atom. The summed E-state index contributed by atoms with van der Waals surface area (Å²) in [6.45, 7) is 6.15. The minimum atomic E-state index is -3.40. The minimum absolute atomic E-state index is 0.0514. The van der Waals surface area contributed by atoms with E-state index < -0.39 is 16.1 Å². The molecule has 1 aliphatic heterocycles. The first kappa shape index (κ1) is 21.4. The monoisotopic (exact) mass is 395 g/mol. The molecule has 0 bridgehead atoms. The van der Waals surface area contributed by atoms with Crippen molar-refractivity contribution in [1.82, 2.24) is 4.31 Å². The molecule has 1 aromatic rings. The van der Waals surface area contributed by atoms with Gasteiger partial charge in [-0.25, -0.2) is 8.42 Å². The number of hydrogen-bond acceptors (Lipinski definition) is 4. The second-order valence-corrected chi connectivity index (χ2v) is 9.34. The predicted octanol–water partition coefficient (Wildman–Crippen LogP) is 2.81. The highest BCUT2D eigenvalue weighted by molar-refractivity contribution is 7.89. The van der Waals surface area contributed by atoms with E-state index >= 15 is 0 Å². The molecule has 0 aliphatic carbocycles. The smallest absolute Gasteiger partial charge is 0.242 e. The molecular formula is C19H29N3O4S. The molecule has 0 spiro atoms. The summed E-state index contributed by atoms with van der Waals surface area (Å²) in [5, 5.41) is 5.59. The van der Waals surface area contributed by atoms with Gasteiger partial charge in [-0.05, 0) is 49.4 Å². The number of rotatable bonds is 8. The van der Waals surface area contributed by atoms with Crippen LogP contribution in [-0.4, -0.2) is 42.9 Å². The molecule has 150 valence electrons. The highest BCUT2D eigenvalue weighted by Gasteiger charge is 2.38. The lowest BCUT2D eigenvalue weighted by Gasteiger charge is -2.23. The zero-order valence-electron chi connectivity index (χ0n) is 16.2. The summed E-state index contributed by atoms with van der Waals surface area (Å²) in [7, 11) is -3.40. The van der Waals surface area contributed by atoms with Crippen LogP contribution < -0.4 is 10.6 Å². The number of benzene rings is 1. The molecule has 1 saturated heterocycles. The van der Waals surface area contributed by atoms with Gasteiger partial charge in [-0.2, -0.15) is 4.31 Å². The molecule has 8 heteroatoms. The van der Waals surface area contributed by atoms with Gasteiger partial charge < -0.3 is 10.6 Å². The average molecular weight is 396 g/mol. The van der Waals surface area contributed by atoms with Crippen molar-refractivity contribution in [2.45, 2.75) is 52.5 Å². The fourth-order valence-electron chi connectivity index (χ4n) is 3.16. The molecular weight excluding hydrogens is 366 g/mol. The van der Waals surface area contributed by atoms with E-state index in [1.165, 1.54) is 4.31 Å². The van der Waals surface area contributed by atoms with Crippen LogP contribution in [0.5, 0.6) is 0 Å². The highest BCUT2D eigenvalue weighted by Crippen LogP contribution is 2.24. The Hall–Kier alpha value is -1.93.